The van der Waals surface area contributed by atoms with Gasteiger partial charge in [-0.05, 0) is 6.42 Å². The molecule has 0 saturated carbocycles. The van der Waals surface area contributed by atoms with E-state index in [4.69, 9.17) is 0 Å². The van der Waals surface area contributed by atoms with Gasteiger partial charge in [0, 0.05) is 10.2 Å². The highest BCUT2D eigenvalue weighted by Gasteiger charge is 1.88. The summed E-state index contributed by atoms with van der Waals surface area (Å²) < 4.78 is 0. The summed E-state index contributed by atoms with van der Waals surface area (Å²) in [5.41, 5.74) is 0. The molecule has 0 N–H and O–H groups in total. The topological polar surface area (TPSA) is 0 Å². The number of hydrogen-bond acceptors (Lipinski definition) is 0. The van der Waals surface area contributed by atoms with Gasteiger partial charge < -0.3 is 0 Å². The van der Waals surface area contributed by atoms with E-state index >= 15 is 0 Å². The Morgan fingerprint density at radius 3 is 2.00 bits per heavy atom. The normalized spacial score (nSPS) is 12.4. The second-order valence-corrected chi connectivity index (χ2v) is 3.61. The molecule has 7 heavy (non-hydrogen) atoms. The Bertz CT molecular complexity index is 28.1. The van der Waals surface area contributed by atoms with E-state index in [1.807, 2.05) is 0 Å². The molecule has 46 valence electrons. The molecule has 0 bridgehead atoms. The third-order valence-electron chi connectivity index (χ3n) is 0.507. The van der Waals surface area contributed by atoms with E-state index in [1.54, 1.807) is 0 Å². The summed E-state index contributed by atoms with van der Waals surface area (Å²) in [5.74, 6) is 0. The van der Waals surface area contributed by atoms with Crippen LogP contribution < -0.4 is 0 Å². The van der Waals surface area contributed by atoms with E-state index in [-0.39, 0.29) is 17.0 Å². The first kappa shape index (κ1) is 11.3. The molecule has 1 unspecified atom stereocenters. The van der Waals surface area contributed by atoms with Gasteiger partial charge in [-0.3, -0.25) is 0 Å². The zero-order valence-electron chi connectivity index (χ0n) is 4.16. The summed E-state index contributed by atoms with van der Waals surface area (Å²) in [6.45, 7) is 2.14. The first-order valence-electron chi connectivity index (χ1n) is 1.97. The second-order valence-electron chi connectivity index (χ2n) is 1.26. The van der Waals surface area contributed by atoms with Gasteiger partial charge in [0.25, 0.3) is 0 Å². The molecule has 0 spiro atoms. The summed E-state index contributed by atoms with van der Waals surface area (Å²) >= 11 is 6.72. The molecule has 1 atom stereocenters. The number of rotatable bonds is 2. The van der Waals surface area contributed by atoms with Gasteiger partial charge in [-0.25, -0.2) is 0 Å². The van der Waals surface area contributed by atoms with Crippen LogP contribution >= 0.6 is 48.8 Å². The third-order valence-corrected chi connectivity index (χ3v) is 1.42. The summed E-state index contributed by atoms with van der Waals surface area (Å²) in [5, 5.41) is 1.10. The Morgan fingerprint density at radius 1 is 1.57 bits per heavy atom. The average Bonchev–Trinajstić information content (AvgIpc) is 1.35. The zero-order chi connectivity index (χ0) is 4.99. The molecule has 0 rings (SSSR count). The van der Waals surface area contributed by atoms with E-state index in [0.29, 0.717) is 4.83 Å². The lowest BCUT2D eigenvalue weighted by Crippen LogP contribution is -1.87. The van der Waals surface area contributed by atoms with E-state index in [0.717, 1.165) is 5.33 Å². The van der Waals surface area contributed by atoms with E-state index < -0.39 is 0 Å². The van der Waals surface area contributed by atoms with Crippen molar-refractivity contribution >= 4 is 48.8 Å². The summed E-state index contributed by atoms with van der Waals surface area (Å²) in [7, 11) is 0. The minimum atomic E-state index is 0. The van der Waals surface area contributed by atoms with Crippen LogP contribution in [0.15, 0.2) is 0 Å². The highest BCUT2D eigenvalue weighted by molar-refractivity contribution is 9.10. The van der Waals surface area contributed by atoms with E-state index in [9.17, 15) is 0 Å². The van der Waals surface area contributed by atoms with E-state index in [2.05, 4.69) is 38.8 Å². The molecular weight excluding hydrogens is 288 g/mol. The molecule has 0 nitrogen and oxygen atoms in total. The molecule has 0 fully saturated rings. The summed E-state index contributed by atoms with van der Waals surface area (Å²) in [4.78, 5) is 0.664. The Kier molecular flexibility index (Phi) is 12.0. The van der Waals surface area contributed by atoms with Crippen molar-refractivity contribution in [2.45, 2.75) is 18.2 Å². The van der Waals surface area contributed by atoms with Crippen LogP contribution in [-0.2, 0) is 0 Å². The molecular formula is C4H9Br3. The maximum absolute atomic E-state index is 3.40. The van der Waals surface area contributed by atoms with Gasteiger partial charge >= 0.3 is 0 Å². The minimum Gasteiger partial charge on any atom is -0.114 e. The van der Waals surface area contributed by atoms with E-state index in [1.165, 1.54) is 6.42 Å². The molecule has 0 aliphatic carbocycles. The van der Waals surface area contributed by atoms with Gasteiger partial charge in [0.15, 0.2) is 0 Å². The molecule has 0 aliphatic heterocycles. The largest absolute Gasteiger partial charge is 0.114 e. The minimum absolute atomic E-state index is 0. The van der Waals surface area contributed by atoms with Gasteiger partial charge in [-0.15, -0.1) is 17.0 Å². The fourth-order valence-corrected chi connectivity index (χ4v) is 1.68. The number of alkyl halides is 2. The molecule has 0 saturated heterocycles. The van der Waals surface area contributed by atoms with Crippen molar-refractivity contribution in [3.63, 3.8) is 0 Å². The standard InChI is InChI=1S/C4H8Br2.BrH/c1-4(6)2-3-5;/h4H,2-3H2,1H3;1H. The van der Waals surface area contributed by atoms with Crippen LogP contribution in [-0.4, -0.2) is 10.2 Å². The smallest absolute Gasteiger partial charge is 0.0125 e. The fraction of sp³-hybridized carbons (Fsp3) is 1.00. The quantitative estimate of drug-likeness (QED) is 0.687. The Hall–Kier alpha value is 1.44. The van der Waals surface area contributed by atoms with Crippen molar-refractivity contribution in [1.82, 2.24) is 0 Å². The lowest BCUT2D eigenvalue weighted by atomic mass is 10.4. The highest BCUT2D eigenvalue weighted by atomic mass is 79.9. The van der Waals surface area contributed by atoms with Gasteiger partial charge in [0.2, 0.25) is 0 Å². The third kappa shape index (κ3) is 11.2. The van der Waals surface area contributed by atoms with Gasteiger partial charge in [0.1, 0.15) is 0 Å². The van der Waals surface area contributed by atoms with Crippen LogP contribution in [0, 0.1) is 0 Å². The van der Waals surface area contributed by atoms with Crippen LogP contribution in [0.3, 0.4) is 0 Å². The molecule has 0 amide bonds. The lowest BCUT2D eigenvalue weighted by Gasteiger charge is -1.92. The van der Waals surface area contributed by atoms with Crippen molar-refractivity contribution in [1.29, 1.82) is 0 Å². The van der Waals surface area contributed by atoms with Crippen molar-refractivity contribution in [3.05, 3.63) is 0 Å². The second kappa shape index (κ2) is 7.44. The van der Waals surface area contributed by atoms with Crippen molar-refractivity contribution in [3.8, 4) is 0 Å². The predicted octanol–water partition coefficient (Wildman–Crippen LogP) is 3.13. The van der Waals surface area contributed by atoms with Crippen molar-refractivity contribution < 1.29 is 0 Å². The van der Waals surface area contributed by atoms with Crippen molar-refractivity contribution in [2.24, 2.45) is 0 Å². The monoisotopic (exact) mass is 294 g/mol. The molecule has 0 aliphatic rings. The van der Waals surface area contributed by atoms with Gasteiger partial charge in [-0.1, -0.05) is 38.8 Å². The number of halogens is 3. The lowest BCUT2D eigenvalue weighted by molar-refractivity contribution is 0.939. The zero-order valence-corrected chi connectivity index (χ0v) is 9.04. The van der Waals surface area contributed by atoms with Crippen LogP contribution in [0.5, 0.6) is 0 Å². The molecule has 3 heteroatoms. The maximum Gasteiger partial charge on any atom is 0.0125 e. The average molecular weight is 297 g/mol. The van der Waals surface area contributed by atoms with Crippen LogP contribution in [0.4, 0.5) is 0 Å². The van der Waals surface area contributed by atoms with Gasteiger partial charge in [0.05, 0.1) is 0 Å². The maximum atomic E-state index is 3.40. The molecule has 0 aromatic rings. The molecule has 0 heterocycles. The Morgan fingerprint density at radius 2 is 2.00 bits per heavy atom. The predicted molar refractivity (Wildman–Crippen MR) is 47.1 cm³/mol. The van der Waals surface area contributed by atoms with Crippen molar-refractivity contribution in [2.75, 3.05) is 5.33 Å². The summed E-state index contributed by atoms with van der Waals surface area (Å²) in [6.07, 6.45) is 1.21. The van der Waals surface area contributed by atoms with Crippen LogP contribution in [0.1, 0.15) is 13.3 Å². The van der Waals surface area contributed by atoms with Crippen LogP contribution in [0.2, 0.25) is 0 Å². The highest BCUT2D eigenvalue weighted by Crippen LogP contribution is 2.03. The fourth-order valence-electron chi connectivity index (χ4n) is 0.150. The summed E-state index contributed by atoms with van der Waals surface area (Å²) in [6, 6.07) is 0. The SMILES string of the molecule is Br.CC(Br)CCBr. The van der Waals surface area contributed by atoms with Gasteiger partial charge in [-0.2, -0.15) is 0 Å². The van der Waals surface area contributed by atoms with Crippen LogP contribution in [0.25, 0.3) is 0 Å². The number of hydrogen-bond donors (Lipinski definition) is 0. The Balaban J connectivity index is 0. The molecule has 0 aromatic carbocycles. The first-order chi connectivity index (χ1) is 2.77. The Labute approximate surface area is 72.1 Å². The first-order valence-corrected chi connectivity index (χ1v) is 4.01. The molecule has 0 aromatic heterocycles. The molecule has 0 radical (unpaired) electrons.